The maximum atomic E-state index is 12.7. The van der Waals surface area contributed by atoms with Gasteiger partial charge in [0.2, 0.25) is 11.8 Å². The van der Waals surface area contributed by atoms with Crippen molar-refractivity contribution in [3.63, 3.8) is 0 Å². The van der Waals surface area contributed by atoms with Crippen LogP contribution in [-0.2, 0) is 19.1 Å². The van der Waals surface area contributed by atoms with Gasteiger partial charge in [-0.3, -0.25) is 14.5 Å². The molecular weight excluding hydrogens is 406 g/mol. The highest BCUT2D eigenvalue weighted by molar-refractivity contribution is 5.90. The molecule has 0 aromatic heterocycles. The molecule has 32 heavy (non-hydrogen) atoms. The van der Waals surface area contributed by atoms with Crippen LogP contribution in [0.2, 0.25) is 0 Å². The normalized spacial score (nSPS) is 12.9. The molecule has 0 aliphatic carbocycles. The summed E-state index contributed by atoms with van der Waals surface area (Å²) in [7, 11) is 5.43. The second kappa shape index (κ2) is 15.8. The summed E-state index contributed by atoms with van der Waals surface area (Å²) in [5.74, 6) is 0.188. The Labute approximate surface area is 196 Å². The third kappa shape index (κ3) is 10.6. The fraction of sp³-hybridized carbons (Fsp3) is 0.800. The number of esters is 1. The van der Waals surface area contributed by atoms with Crippen LogP contribution in [0.15, 0.2) is 11.6 Å². The van der Waals surface area contributed by atoms with Gasteiger partial charge < -0.3 is 15.0 Å². The van der Waals surface area contributed by atoms with Crippen LogP contribution in [0.5, 0.6) is 0 Å². The van der Waals surface area contributed by atoms with Crippen LogP contribution < -0.4 is 5.32 Å². The van der Waals surface area contributed by atoms with Crippen molar-refractivity contribution < 1.29 is 19.1 Å². The first kappa shape index (κ1) is 32.3. The van der Waals surface area contributed by atoms with Gasteiger partial charge in [0.1, 0.15) is 0 Å². The third-order valence-electron chi connectivity index (χ3n) is 5.39. The van der Waals surface area contributed by atoms with E-state index in [1.165, 1.54) is 0 Å². The number of likely N-dealkylation sites (N-methyl/N-ethyl adjacent to an activating group) is 2. The number of nitrogens with zero attached hydrogens (tertiary/aromatic N) is 2. The minimum Gasteiger partial charge on any atom is -0.463 e. The molecule has 0 radical (unpaired) electrons. The van der Waals surface area contributed by atoms with Crippen molar-refractivity contribution in [2.45, 2.75) is 86.7 Å². The molecule has 188 valence electrons. The highest BCUT2D eigenvalue weighted by Gasteiger charge is 2.37. The Morgan fingerprint density at radius 1 is 0.969 bits per heavy atom. The van der Waals surface area contributed by atoms with E-state index in [2.05, 4.69) is 26.1 Å². The van der Waals surface area contributed by atoms with Crippen LogP contribution in [0.3, 0.4) is 0 Å². The third-order valence-corrected chi connectivity index (χ3v) is 5.39. The van der Waals surface area contributed by atoms with Crippen LogP contribution in [0.4, 0.5) is 0 Å². The van der Waals surface area contributed by atoms with E-state index in [1.807, 2.05) is 46.7 Å². The van der Waals surface area contributed by atoms with E-state index in [0.717, 1.165) is 5.92 Å². The van der Waals surface area contributed by atoms with E-state index in [0.29, 0.717) is 25.0 Å². The fourth-order valence-electron chi connectivity index (χ4n) is 3.34. The zero-order valence-corrected chi connectivity index (χ0v) is 22.7. The molecule has 7 nitrogen and oxygen atoms in total. The summed E-state index contributed by atoms with van der Waals surface area (Å²) >= 11 is 0. The second-order valence-electron chi connectivity index (χ2n) is 9.36. The number of carbonyl (C=O) groups is 3. The topological polar surface area (TPSA) is 79.0 Å². The van der Waals surface area contributed by atoms with Crippen molar-refractivity contribution in [1.29, 1.82) is 0 Å². The molecule has 2 amide bonds. The summed E-state index contributed by atoms with van der Waals surface area (Å²) in [5, 5.41) is 2.79. The molecule has 0 aromatic carbocycles. The van der Waals surface area contributed by atoms with Gasteiger partial charge in [0, 0.05) is 12.6 Å². The van der Waals surface area contributed by atoms with Crippen LogP contribution in [0.25, 0.3) is 0 Å². The van der Waals surface area contributed by atoms with Gasteiger partial charge in [-0.1, -0.05) is 54.5 Å². The minimum atomic E-state index is -0.628. The second-order valence-corrected chi connectivity index (χ2v) is 9.36. The molecule has 0 saturated heterocycles. The monoisotopic (exact) mass is 455 g/mol. The van der Waals surface area contributed by atoms with Crippen LogP contribution in [-0.4, -0.2) is 73.5 Å². The van der Waals surface area contributed by atoms with Crippen LogP contribution in [0, 0.1) is 11.8 Å². The Balaban J connectivity index is 0. The molecule has 0 heterocycles. The summed E-state index contributed by atoms with van der Waals surface area (Å²) in [4.78, 5) is 40.8. The lowest BCUT2D eigenvalue weighted by Gasteiger charge is -2.37. The predicted octanol–water partition coefficient (Wildman–Crippen LogP) is 3.88. The maximum Gasteiger partial charge on any atom is 0.333 e. The summed E-state index contributed by atoms with van der Waals surface area (Å²) in [5.41, 5.74) is -0.163. The van der Waals surface area contributed by atoms with Crippen LogP contribution in [0.1, 0.15) is 75.2 Å². The first-order valence-electron chi connectivity index (χ1n) is 11.8. The Bertz CT molecular complexity index is 606. The number of amides is 2. The van der Waals surface area contributed by atoms with Gasteiger partial charge in [-0.05, 0) is 52.6 Å². The van der Waals surface area contributed by atoms with Gasteiger partial charge in [0.25, 0.3) is 0 Å². The summed E-state index contributed by atoms with van der Waals surface area (Å²) in [6, 6.07) is -0.273. The summed E-state index contributed by atoms with van der Waals surface area (Å²) < 4.78 is 5.02. The number of ether oxygens (including phenoxy) is 1. The molecule has 0 aliphatic rings. The number of carbonyl (C=O) groups excluding carboxylic acids is 3. The Morgan fingerprint density at radius 3 is 1.78 bits per heavy atom. The van der Waals surface area contributed by atoms with Gasteiger partial charge >= 0.3 is 5.97 Å². The highest BCUT2D eigenvalue weighted by Crippen LogP contribution is 2.21. The van der Waals surface area contributed by atoms with Crippen molar-refractivity contribution in [1.82, 2.24) is 15.1 Å². The lowest BCUT2D eigenvalue weighted by atomic mass is 9.90. The molecule has 0 bridgehead atoms. The zero-order valence-electron chi connectivity index (χ0n) is 22.7. The SMILES string of the molecule is CC(C)C.CCOC(=O)/C(C)=C/[C@H](C(C)C)N(C)C(=O)CNC(=O)C(CC)(CC)N(C)C. The number of hydrogen-bond acceptors (Lipinski definition) is 5. The average molecular weight is 456 g/mol. The smallest absolute Gasteiger partial charge is 0.333 e. The fourth-order valence-corrected chi connectivity index (χ4v) is 3.34. The lowest BCUT2D eigenvalue weighted by molar-refractivity contribution is -0.138. The highest BCUT2D eigenvalue weighted by atomic mass is 16.5. The Hall–Kier alpha value is -1.89. The molecular formula is C25H49N3O4. The molecule has 0 spiro atoms. The standard InChI is InChI=1S/C21H39N3O4.C4H10/c1-10-21(11-2,23(7)8)20(27)22-14-18(25)24(9)17(15(4)5)13-16(6)19(26)28-12-3;1-4(2)3/h13,15,17H,10-12,14H2,1-9H3,(H,22,27);4H,1-3H3/b16-13+;/t17-;/m1./s1. The molecule has 0 fully saturated rings. The van der Waals surface area contributed by atoms with E-state index < -0.39 is 5.54 Å². The average Bonchev–Trinajstić information content (AvgIpc) is 2.70. The van der Waals surface area contributed by atoms with E-state index >= 15 is 0 Å². The zero-order chi connectivity index (χ0) is 25.6. The van der Waals surface area contributed by atoms with Crippen molar-refractivity contribution in [3.05, 3.63) is 11.6 Å². The Kier molecular flexibility index (Phi) is 16.0. The molecule has 0 aromatic rings. The summed E-state index contributed by atoms with van der Waals surface area (Å²) in [6.45, 7) is 18.1. The minimum absolute atomic E-state index is 0.0829. The van der Waals surface area contributed by atoms with E-state index in [1.54, 1.807) is 31.9 Å². The molecule has 1 atom stereocenters. The van der Waals surface area contributed by atoms with Gasteiger partial charge in [0.15, 0.2) is 0 Å². The number of hydrogen-bond donors (Lipinski definition) is 1. The molecule has 0 rings (SSSR count). The molecule has 0 unspecified atom stereocenters. The quantitative estimate of drug-likeness (QED) is 0.378. The van der Waals surface area contributed by atoms with Crippen molar-refractivity contribution in [2.75, 3.05) is 34.3 Å². The molecule has 1 N–H and O–H groups in total. The lowest BCUT2D eigenvalue weighted by Crippen LogP contribution is -2.57. The van der Waals surface area contributed by atoms with E-state index in [4.69, 9.17) is 4.74 Å². The van der Waals surface area contributed by atoms with Gasteiger partial charge in [-0.25, -0.2) is 4.79 Å². The first-order valence-corrected chi connectivity index (χ1v) is 11.8. The van der Waals surface area contributed by atoms with Crippen molar-refractivity contribution in [2.24, 2.45) is 11.8 Å². The van der Waals surface area contributed by atoms with Crippen molar-refractivity contribution >= 4 is 17.8 Å². The number of nitrogens with one attached hydrogen (secondary N) is 1. The van der Waals surface area contributed by atoms with Gasteiger partial charge in [-0.2, -0.15) is 0 Å². The first-order chi connectivity index (χ1) is 14.7. The Morgan fingerprint density at radius 2 is 1.44 bits per heavy atom. The van der Waals surface area contributed by atoms with E-state index in [9.17, 15) is 14.4 Å². The molecule has 7 heteroatoms. The van der Waals surface area contributed by atoms with Gasteiger partial charge in [-0.15, -0.1) is 0 Å². The maximum absolute atomic E-state index is 12.7. The van der Waals surface area contributed by atoms with Crippen molar-refractivity contribution in [3.8, 4) is 0 Å². The predicted molar refractivity (Wildman–Crippen MR) is 132 cm³/mol. The molecule has 0 aliphatic heterocycles. The van der Waals surface area contributed by atoms with Crippen LogP contribution >= 0.6 is 0 Å². The van der Waals surface area contributed by atoms with Gasteiger partial charge in [0.05, 0.1) is 24.7 Å². The summed E-state index contributed by atoms with van der Waals surface area (Å²) in [6.07, 6.45) is 3.06. The van der Waals surface area contributed by atoms with E-state index in [-0.39, 0.29) is 36.3 Å². The number of rotatable bonds is 11. The molecule has 0 saturated carbocycles. The largest absolute Gasteiger partial charge is 0.463 e.